The van der Waals surface area contributed by atoms with Crippen LogP contribution in [0.3, 0.4) is 0 Å². The summed E-state index contributed by atoms with van der Waals surface area (Å²) in [5.74, 6) is 2.20. The van der Waals surface area contributed by atoms with Crippen LogP contribution in [-0.2, 0) is 17.7 Å². The van der Waals surface area contributed by atoms with E-state index in [0.717, 1.165) is 79.7 Å². The van der Waals surface area contributed by atoms with E-state index < -0.39 is 0 Å². The van der Waals surface area contributed by atoms with Crippen molar-refractivity contribution in [3.63, 3.8) is 0 Å². The molecule has 0 saturated heterocycles. The summed E-state index contributed by atoms with van der Waals surface area (Å²) >= 11 is 0. The maximum atomic E-state index is 13.8. The summed E-state index contributed by atoms with van der Waals surface area (Å²) in [5, 5.41) is 3.30. The van der Waals surface area contributed by atoms with Gasteiger partial charge in [-0.15, -0.1) is 0 Å². The van der Waals surface area contributed by atoms with Crippen LogP contribution in [0.4, 0.5) is 10.3 Å². The van der Waals surface area contributed by atoms with Gasteiger partial charge in [-0.3, -0.25) is 4.90 Å². The van der Waals surface area contributed by atoms with Gasteiger partial charge in [0.15, 0.2) is 0 Å². The summed E-state index contributed by atoms with van der Waals surface area (Å²) in [7, 11) is 3.42. The average molecular weight is 545 g/mol. The van der Waals surface area contributed by atoms with Crippen molar-refractivity contribution in [1.29, 1.82) is 0 Å². The highest BCUT2D eigenvalue weighted by molar-refractivity contribution is 5.78. The number of rotatable bonds is 13. The molecule has 0 radical (unpaired) electrons. The largest absolute Gasteiger partial charge is 0.497 e. The van der Waals surface area contributed by atoms with E-state index in [2.05, 4.69) is 38.8 Å². The minimum absolute atomic E-state index is 0.198. The molecule has 9 heteroatoms. The highest BCUT2D eigenvalue weighted by atomic mass is 19.1. The van der Waals surface area contributed by atoms with Crippen LogP contribution in [0.5, 0.6) is 5.75 Å². The first-order chi connectivity index (χ1) is 19.6. The summed E-state index contributed by atoms with van der Waals surface area (Å²) in [6.45, 7) is 5.99. The first-order valence-electron chi connectivity index (χ1n) is 13.9. The van der Waals surface area contributed by atoms with Crippen LogP contribution in [0.15, 0.2) is 60.8 Å². The Morgan fingerprint density at radius 2 is 1.85 bits per heavy atom. The number of aryl methyl sites for hydroxylation is 1. The van der Waals surface area contributed by atoms with Gasteiger partial charge < -0.3 is 19.4 Å². The molecule has 0 bridgehead atoms. The van der Waals surface area contributed by atoms with Crippen LogP contribution in [0.1, 0.15) is 37.2 Å². The molecular weight excluding hydrogens is 507 g/mol. The minimum atomic E-state index is -0.268. The molecule has 3 heterocycles. The zero-order valence-corrected chi connectivity index (χ0v) is 23.4. The molecule has 2 aromatic heterocycles. The third kappa shape index (κ3) is 6.32. The highest BCUT2D eigenvalue weighted by Gasteiger charge is 2.32. The van der Waals surface area contributed by atoms with Crippen LogP contribution < -0.4 is 10.1 Å². The van der Waals surface area contributed by atoms with E-state index in [0.29, 0.717) is 12.6 Å². The SMILES string of the molecule is CCCNc1nccc(-c2c(-c3ccc(F)cc3)nc3n2C(CN(CCOC)Cc2ccc(OC)cc2)CC3)n1. The number of methoxy groups -OCH3 is 2. The summed E-state index contributed by atoms with van der Waals surface area (Å²) in [4.78, 5) is 16.8. The van der Waals surface area contributed by atoms with Gasteiger partial charge in [-0.2, -0.15) is 0 Å². The number of imidazole rings is 1. The molecule has 0 spiro atoms. The lowest BCUT2D eigenvalue weighted by molar-refractivity contribution is 0.134. The Hall–Kier alpha value is -3.82. The quantitative estimate of drug-likeness (QED) is 0.234. The first-order valence-corrected chi connectivity index (χ1v) is 13.9. The summed E-state index contributed by atoms with van der Waals surface area (Å²) in [6, 6.07) is 16.9. The molecule has 8 nitrogen and oxygen atoms in total. The van der Waals surface area contributed by atoms with Gasteiger partial charge in [-0.1, -0.05) is 19.1 Å². The fraction of sp³-hybridized carbons (Fsp3) is 0.387. The fourth-order valence-corrected chi connectivity index (χ4v) is 5.26. The van der Waals surface area contributed by atoms with E-state index in [4.69, 9.17) is 19.4 Å². The Bertz CT molecular complexity index is 1390. The number of hydrogen-bond donors (Lipinski definition) is 1. The second-order valence-electron chi connectivity index (χ2n) is 10.1. The van der Waals surface area contributed by atoms with Crippen LogP contribution in [-0.4, -0.2) is 64.9 Å². The molecule has 40 heavy (non-hydrogen) atoms. The molecule has 2 aromatic carbocycles. The minimum Gasteiger partial charge on any atom is -0.497 e. The average Bonchev–Trinajstić information content (AvgIpc) is 3.55. The molecule has 5 rings (SSSR count). The predicted molar refractivity (Wildman–Crippen MR) is 155 cm³/mol. The van der Waals surface area contributed by atoms with Crippen LogP contribution in [0, 0.1) is 5.82 Å². The van der Waals surface area contributed by atoms with Crippen molar-refractivity contribution in [3.8, 4) is 28.4 Å². The number of anilines is 1. The third-order valence-corrected chi connectivity index (χ3v) is 7.25. The van der Waals surface area contributed by atoms with Gasteiger partial charge in [-0.25, -0.2) is 19.3 Å². The molecule has 1 unspecified atom stereocenters. The number of benzene rings is 2. The number of fused-ring (bicyclic) bond motifs is 1. The third-order valence-electron chi connectivity index (χ3n) is 7.25. The molecule has 4 aromatic rings. The lowest BCUT2D eigenvalue weighted by Gasteiger charge is -2.27. The first kappa shape index (κ1) is 27.7. The van der Waals surface area contributed by atoms with Crippen LogP contribution >= 0.6 is 0 Å². The van der Waals surface area contributed by atoms with E-state index in [1.807, 2.05) is 18.2 Å². The van der Waals surface area contributed by atoms with Gasteiger partial charge in [0.1, 0.15) is 17.4 Å². The van der Waals surface area contributed by atoms with Crippen molar-refractivity contribution < 1.29 is 13.9 Å². The maximum absolute atomic E-state index is 13.8. The number of aromatic nitrogens is 4. The summed E-state index contributed by atoms with van der Waals surface area (Å²) < 4.78 is 26.9. The smallest absolute Gasteiger partial charge is 0.223 e. The topological polar surface area (TPSA) is 77.3 Å². The number of hydrogen-bond acceptors (Lipinski definition) is 7. The lowest BCUT2D eigenvalue weighted by Crippen LogP contribution is -2.32. The Kier molecular flexibility index (Phi) is 9.03. The molecule has 0 saturated carbocycles. The molecule has 0 amide bonds. The van der Waals surface area contributed by atoms with Gasteiger partial charge in [-0.05, 0) is 60.9 Å². The number of nitrogens with one attached hydrogen (secondary N) is 1. The van der Waals surface area contributed by atoms with Gasteiger partial charge in [0.25, 0.3) is 0 Å². The molecule has 1 aliphatic heterocycles. The van der Waals surface area contributed by atoms with Crippen molar-refractivity contribution in [3.05, 3.63) is 78.0 Å². The van der Waals surface area contributed by atoms with Crippen molar-refractivity contribution in [2.45, 2.75) is 38.8 Å². The predicted octanol–water partition coefficient (Wildman–Crippen LogP) is 5.61. The van der Waals surface area contributed by atoms with Gasteiger partial charge in [0.2, 0.25) is 5.95 Å². The number of nitrogens with zero attached hydrogens (tertiary/aromatic N) is 5. The van der Waals surface area contributed by atoms with Crippen molar-refractivity contribution in [1.82, 2.24) is 24.4 Å². The Balaban J connectivity index is 1.51. The molecule has 210 valence electrons. The van der Waals surface area contributed by atoms with Gasteiger partial charge in [0.05, 0.1) is 30.8 Å². The van der Waals surface area contributed by atoms with E-state index in [-0.39, 0.29) is 11.9 Å². The number of halogens is 1. The Morgan fingerprint density at radius 1 is 1.05 bits per heavy atom. The highest BCUT2D eigenvalue weighted by Crippen LogP contribution is 2.39. The molecule has 0 aliphatic carbocycles. The Morgan fingerprint density at radius 3 is 2.58 bits per heavy atom. The van der Waals surface area contributed by atoms with Gasteiger partial charge in [0, 0.05) is 57.5 Å². The fourth-order valence-electron chi connectivity index (χ4n) is 5.26. The number of ether oxygens (including phenoxy) is 2. The van der Waals surface area contributed by atoms with E-state index in [9.17, 15) is 4.39 Å². The standard InChI is InChI=1S/C31H37FN6O2/c1-4-16-33-31-34-17-15-27(35-31)30-29(23-7-9-24(32)10-8-23)36-28-14-11-25(38(28)30)21-37(18-19-39-2)20-22-5-12-26(40-3)13-6-22/h5-10,12-13,15,17,25H,4,11,14,16,18-21H2,1-3H3,(H,33,34,35). The molecule has 1 atom stereocenters. The Labute approximate surface area is 235 Å². The zero-order chi connectivity index (χ0) is 27.9. The second-order valence-corrected chi connectivity index (χ2v) is 10.1. The van der Waals surface area contributed by atoms with Gasteiger partial charge >= 0.3 is 0 Å². The van der Waals surface area contributed by atoms with Crippen LogP contribution in [0.2, 0.25) is 0 Å². The lowest BCUT2D eigenvalue weighted by atomic mass is 10.1. The molecule has 1 aliphatic rings. The molecule has 1 N–H and O–H groups in total. The zero-order valence-electron chi connectivity index (χ0n) is 23.4. The van der Waals surface area contributed by atoms with Crippen LogP contribution in [0.25, 0.3) is 22.6 Å². The second kappa shape index (κ2) is 13.0. The van der Waals surface area contributed by atoms with E-state index in [1.54, 1.807) is 32.5 Å². The van der Waals surface area contributed by atoms with E-state index >= 15 is 0 Å². The van der Waals surface area contributed by atoms with Crippen molar-refractivity contribution >= 4 is 5.95 Å². The molecular formula is C31H37FN6O2. The molecule has 0 fully saturated rings. The maximum Gasteiger partial charge on any atom is 0.223 e. The normalized spacial score (nSPS) is 14.5. The van der Waals surface area contributed by atoms with E-state index in [1.165, 1.54) is 17.7 Å². The summed E-state index contributed by atoms with van der Waals surface area (Å²) in [5.41, 5.74) is 4.65. The van der Waals surface area contributed by atoms with Crippen molar-refractivity contribution in [2.75, 3.05) is 45.8 Å². The summed E-state index contributed by atoms with van der Waals surface area (Å²) in [6.07, 6.45) is 4.61. The monoisotopic (exact) mass is 544 g/mol. The van der Waals surface area contributed by atoms with Crippen molar-refractivity contribution in [2.24, 2.45) is 0 Å².